The number of fused-ring (bicyclic) bond motifs is 2. The first kappa shape index (κ1) is 16.5. The molecule has 1 aromatic carbocycles. The van der Waals surface area contributed by atoms with Gasteiger partial charge in [0.2, 0.25) is 0 Å². The standard InChI is InChI=1S/C18H27N.CH5N/c1-17(2)16-9-11-18(17,3)14-19(13-16)12-10-15-7-5-4-6-8-15;1-2/h4-8,16H,9-14H2,1-3H3;2H2,1H3. The van der Waals surface area contributed by atoms with Gasteiger partial charge in [-0.2, -0.15) is 0 Å². The molecule has 0 aromatic heterocycles. The molecule has 2 nitrogen and oxygen atoms in total. The van der Waals surface area contributed by atoms with Gasteiger partial charge in [-0.1, -0.05) is 51.1 Å². The van der Waals surface area contributed by atoms with Crippen molar-refractivity contribution in [2.45, 2.75) is 40.0 Å². The second-order valence-corrected chi connectivity index (χ2v) is 7.49. The lowest BCUT2D eigenvalue weighted by atomic mass is 9.63. The molecule has 2 atom stereocenters. The van der Waals surface area contributed by atoms with Crippen molar-refractivity contribution in [2.75, 3.05) is 26.7 Å². The molecule has 118 valence electrons. The number of rotatable bonds is 3. The van der Waals surface area contributed by atoms with Crippen LogP contribution in [0.3, 0.4) is 0 Å². The third-order valence-corrected chi connectivity index (χ3v) is 6.23. The minimum absolute atomic E-state index is 0.534. The Hall–Kier alpha value is -0.860. The Bertz CT molecular complexity index is 440. The van der Waals surface area contributed by atoms with Crippen molar-refractivity contribution in [3.63, 3.8) is 0 Å². The number of likely N-dealkylation sites (tertiary alicyclic amines) is 1. The van der Waals surface area contributed by atoms with Gasteiger partial charge < -0.3 is 10.6 Å². The zero-order chi connectivity index (χ0) is 15.5. The normalized spacial score (nSPS) is 30.6. The third kappa shape index (κ3) is 3.17. The van der Waals surface area contributed by atoms with Gasteiger partial charge in [-0.3, -0.25) is 0 Å². The van der Waals surface area contributed by atoms with Crippen molar-refractivity contribution in [3.8, 4) is 0 Å². The van der Waals surface area contributed by atoms with Gasteiger partial charge in [-0.25, -0.2) is 0 Å². The summed E-state index contributed by atoms with van der Waals surface area (Å²) in [5.41, 5.74) is 7.05. The first-order valence-corrected chi connectivity index (χ1v) is 8.35. The Morgan fingerprint density at radius 3 is 2.43 bits per heavy atom. The average Bonchev–Trinajstić information content (AvgIpc) is 2.65. The number of benzene rings is 1. The van der Waals surface area contributed by atoms with Gasteiger partial charge in [0.1, 0.15) is 0 Å². The fourth-order valence-electron chi connectivity index (χ4n) is 4.24. The lowest BCUT2D eigenvalue weighted by molar-refractivity contribution is -0.0169. The molecule has 1 saturated carbocycles. The van der Waals surface area contributed by atoms with Crippen LogP contribution in [0.5, 0.6) is 0 Å². The van der Waals surface area contributed by atoms with Crippen LogP contribution in [0.4, 0.5) is 0 Å². The van der Waals surface area contributed by atoms with E-state index in [-0.39, 0.29) is 0 Å². The second-order valence-electron chi connectivity index (χ2n) is 7.49. The molecule has 0 spiro atoms. The number of piperidine rings is 1. The van der Waals surface area contributed by atoms with Gasteiger partial charge in [0, 0.05) is 19.6 Å². The zero-order valence-electron chi connectivity index (χ0n) is 14.2. The summed E-state index contributed by atoms with van der Waals surface area (Å²) in [6.07, 6.45) is 4.06. The summed E-state index contributed by atoms with van der Waals surface area (Å²) in [5, 5.41) is 0. The Labute approximate surface area is 130 Å². The van der Waals surface area contributed by atoms with Crippen LogP contribution in [0, 0.1) is 16.7 Å². The molecule has 0 amide bonds. The van der Waals surface area contributed by atoms with Gasteiger partial charge in [-0.05, 0) is 48.6 Å². The zero-order valence-corrected chi connectivity index (χ0v) is 14.2. The van der Waals surface area contributed by atoms with E-state index in [2.05, 4.69) is 61.7 Å². The van der Waals surface area contributed by atoms with Crippen molar-refractivity contribution in [2.24, 2.45) is 22.5 Å². The molecule has 2 unspecified atom stereocenters. The highest BCUT2D eigenvalue weighted by Gasteiger charge is 2.55. The van der Waals surface area contributed by atoms with Gasteiger partial charge in [-0.15, -0.1) is 0 Å². The van der Waals surface area contributed by atoms with Crippen molar-refractivity contribution < 1.29 is 0 Å². The van der Waals surface area contributed by atoms with E-state index in [0.717, 1.165) is 5.92 Å². The predicted molar refractivity (Wildman–Crippen MR) is 91.3 cm³/mol. The Balaban J connectivity index is 0.000000774. The molecule has 2 fully saturated rings. The minimum atomic E-state index is 0.534. The summed E-state index contributed by atoms with van der Waals surface area (Å²) < 4.78 is 0. The van der Waals surface area contributed by atoms with Crippen molar-refractivity contribution >= 4 is 0 Å². The molecular weight excluding hydrogens is 256 g/mol. The van der Waals surface area contributed by atoms with Crippen LogP contribution >= 0.6 is 0 Å². The van der Waals surface area contributed by atoms with Crippen LogP contribution < -0.4 is 5.73 Å². The summed E-state index contributed by atoms with van der Waals surface area (Å²) in [5.74, 6) is 0.905. The molecule has 2 aliphatic rings. The Morgan fingerprint density at radius 1 is 1.14 bits per heavy atom. The molecule has 2 heteroatoms. The molecule has 1 heterocycles. The van der Waals surface area contributed by atoms with Gasteiger partial charge in [0.25, 0.3) is 0 Å². The molecule has 2 bridgehead atoms. The lowest BCUT2D eigenvalue weighted by Gasteiger charge is -2.50. The third-order valence-electron chi connectivity index (χ3n) is 6.23. The number of hydrogen-bond donors (Lipinski definition) is 1. The number of nitrogens with zero attached hydrogens (tertiary/aromatic N) is 1. The van der Waals surface area contributed by atoms with Crippen molar-refractivity contribution in [1.29, 1.82) is 0 Å². The molecular formula is C19H32N2. The van der Waals surface area contributed by atoms with Gasteiger partial charge >= 0.3 is 0 Å². The van der Waals surface area contributed by atoms with E-state index >= 15 is 0 Å². The fourth-order valence-corrected chi connectivity index (χ4v) is 4.24. The molecule has 2 N–H and O–H groups in total. The number of hydrogen-bond acceptors (Lipinski definition) is 2. The van der Waals surface area contributed by atoms with E-state index in [0.29, 0.717) is 10.8 Å². The summed E-state index contributed by atoms with van der Waals surface area (Å²) >= 11 is 0. The van der Waals surface area contributed by atoms with E-state index < -0.39 is 0 Å². The summed E-state index contributed by atoms with van der Waals surface area (Å²) in [4.78, 5) is 2.72. The molecule has 21 heavy (non-hydrogen) atoms. The maximum absolute atomic E-state index is 4.50. The van der Waals surface area contributed by atoms with Gasteiger partial charge in [0.05, 0.1) is 0 Å². The predicted octanol–water partition coefficient (Wildman–Crippen LogP) is 3.56. The van der Waals surface area contributed by atoms with E-state index in [9.17, 15) is 0 Å². The smallest absolute Gasteiger partial charge is 0.00408 e. The first-order chi connectivity index (χ1) is 10.0. The highest BCUT2D eigenvalue weighted by Crippen LogP contribution is 2.58. The van der Waals surface area contributed by atoms with Crippen molar-refractivity contribution in [1.82, 2.24) is 4.90 Å². The van der Waals surface area contributed by atoms with Crippen LogP contribution in [-0.2, 0) is 6.42 Å². The van der Waals surface area contributed by atoms with Crippen LogP contribution in [0.15, 0.2) is 30.3 Å². The van der Waals surface area contributed by atoms with E-state index in [1.165, 1.54) is 51.5 Å². The SMILES string of the molecule is CC12CCC(CN(CCc3ccccc3)C1)C2(C)C.CN. The summed E-state index contributed by atoms with van der Waals surface area (Å²) in [6.45, 7) is 11.4. The van der Waals surface area contributed by atoms with E-state index in [4.69, 9.17) is 0 Å². The monoisotopic (exact) mass is 288 g/mol. The first-order valence-electron chi connectivity index (χ1n) is 8.35. The Morgan fingerprint density at radius 2 is 1.81 bits per heavy atom. The minimum Gasteiger partial charge on any atom is -0.333 e. The summed E-state index contributed by atoms with van der Waals surface area (Å²) in [6, 6.07) is 10.9. The van der Waals surface area contributed by atoms with Crippen LogP contribution in [-0.4, -0.2) is 31.6 Å². The van der Waals surface area contributed by atoms with E-state index in [1.807, 2.05) is 0 Å². The highest BCUT2D eigenvalue weighted by molar-refractivity contribution is 5.15. The topological polar surface area (TPSA) is 29.3 Å². The largest absolute Gasteiger partial charge is 0.333 e. The maximum atomic E-state index is 4.50. The maximum Gasteiger partial charge on any atom is 0.00408 e. The fraction of sp³-hybridized carbons (Fsp3) is 0.684. The molecule has 3 rings (SSSR count). The molecule has 0 radical (unpaired) electrons. The summed E-state index contributed by atoms with van der Waals surface area (Å²) in [7, 11) is 1.50. The van der Waals surface area contributed by atoms with Crippen LogP contribution in [0.25, 0.3) is 0 Å². The quantitative estimate of drug-likeness (QED) is 0.921. The molecule has 1 saturated heterocycles. The lowest BCUT2D eigenvalue weighted by Crippen LogP contribution is -2.52. The number of nitrogens with two attached hydrogens (primary N) is 1. The van der Waals surface area contributed by atoms with E-state index in [1.54, 1.807) is 0 Å². The highest BCUT2D eigenvalue weighted by atomic mass is 15.2. The van der Waals surface area contributed by atoms with Crippen LogP contribution in [0.2, 0.25) is 0 Å². The molecule has 1 aliphatic carbocycles. The second kappa shape index (κ2) is 6.50. The van der Waals surface area contributed by atoms with Crippen LogP contribution in [0.1, 0.15) is 39.2 Å². The molecule has 1 aliphatic heterocycles. The van der Waals surface area contributed by atoms with Gasteiger partial charge in [0.15, 0.2) is 0 Å². The average molecular weight is 288 g/mol. The molecule has 1 aromatic rings. The van der Waals surface area contributed by atoms with Crippen molar-refractivity contribution in [3.05, 3.63) is 35.9 Å². The Kier molecular flexibility index (Phi) is 5.11.